The molecule has 0 spiro atoms. The van der Waals surface area contributed by atoms with Crippen molar-refractivity contribution in [2.75, 3.05) is 26.0 Å². The molecule has 0 unspecified atom stereocenters. The maximum atomic E-state index is 12.1. The Morgan fingerprint density at radius 1 is 1.27 bits per heavy atom. The van der Waals surface area contributed by atoms with Gasteiger partial charge in [0.15, 0.2) is 5.82 Å². The summed E-state index contributed by atoms with van der Waals surface area (Å²) in [6.07, 6.45) is 5.43. The fraction of sp³-hybridized carbons (Fsp3) is 0.182. The Balaban J connectivity index is 1.57. The summed E-state index contributed by atoms with van der Waals surface area (Å²) >= 11 is 0. The van der Waals surface area contributed by atoms with Crippen LogP contribution in [0.1, 0.15) is 17.7 Å². The number of H-pyrrole nitrogens is 1. The number of aromatic hydroxyl groups is 1. The van der Waals surface area contributed by atoms with Crippen molar-refractivity contribution < 1.29 is 9.90 Å². The third-order valence-electron chi connectivity index (χ3n) is 4.63. The van der Waals surface area contributed by atoms with E-state index in [2.05, 4.69) is 25.3 Å². The van der Waals surface area contributed by atoms with Crippen molar-refractivity contribution in [3.05, 3.63) is 53.9 Å². The Morgan fingerprint density at radius 2 is 2.07 bits per heavy atom. The zero-order valence-corrected chi connectivity index (χ0v) is 16.8. The lowest BCUT2D eigenvalue weighted by Crippen LogP contribution is -2.20. The average molecular weight is 402 g/mol. The molecule has 3 N–H and O–H groups in total. The van der Waals surface area contributed by atoms with E-state index in [4.69, 9.17) is 0 Å². The first-order chi connectivity index (χ1) is 14.5. The minimum Gasteiger partial charge on any atom is -0.492 e. The van der Waals surface area contributed by atoms with Crippen LogP contribution in [0.15, 0.2) is 47.6 Å². The lowest BCUT2D eigenvalue weighted by atomic mass is 10.1. The highest BCUT2D eigenvalue weighted by molar-refractivity contribution is 6.21. The molecule has 8 heteroatoms. The molecular formula is C22H22N6O2. The van der Waals surface area contributed by atoms with Gasteiger partial charge in [0.1, 0.15) is 11.5 Å². The third kappa shape index (κ3) is 4.28. The van der Waals surface area contributed by atoms with Gasteiger partial charge in [-0.1, -0.05) is 30.3 Å². The van der Waals surface area contributed by atoms with E-state index in [0.717, 1.165) is 16.7 Å². The van der Waals surface area contributed by atoms with Crippen LogP contribution in [0.2, 0.25) is 0 Å². The standard InChI is InChI=1S/C22H22N6O2/c1-28(2)9-8-19(29)25-16-11-17-15(12-23-21(17)24-13-16)10-18-22(30)27-20(26-18)14-6-4-3-5-7-14/h3-7,10-13,30H,8-9H2,1-2H3,(H,25,29)(H,26,27). The van der Waals surface area contributed by atoms with Crippen molar-refractivity contribution in [2.24, 2.45) is 4.99 Å². The van der Waals surface area contributed by atoms with E-state index in [9.17, 15) is 9.90 Å². The highest BCUT2D eigenvalue weighted by Crippen LogP contribution is 2.34. The summed E-state index contributed by atoms with van der Waals surface area (Å²) in [4.78, 5) is 30.0. The number of carbonyl (C=O) groups is 1. The predicted octanol–water partition coefficient (Wildman–Crippen LogP) is 3.32. The Labute approximate surface area is 174 Å². The second-order valence-electron chi connectivity index (χ2n) is 7.24. The summed E-state index contributed by atoms with van der Waals surface area (Å²) in [5.41, 5.74) is 3.50. The quantitative estimate of drug-likeness (QED) is 0.586. The van der Waals surface area contributed by atoms with Crippen LogP contribution in [0.4, 0.5) is 11.5 Å². The minimum atomic E-state index is -0.0932. The van der Waals surface area contributed by atoms with Crippen LogP contribution in [-0.2, 0) is 4.79 Å². The van der Waals surface area contributed by atoms with Gasteiger partial charge in [0.2, 0.25) is 11.8 Å². The first-order valence-corrected chi connectivity index (χ1v) is 9.55. The van der Waals surface area contributed by atoms with Gasteiger partial charge in [0, 0.05) is 35.9 Å². The van der Waals surface area contributed by atoms with Gasteiger partial charge in [-0.2, -0.15) is 4.98 Å². The summed E-state index contributed by atoms with van der Waals surface area (Å²) in [5.74, 6) is 0.975. The van der Waals surface area contributed by atoms with E-state index < -0.39 is 0 Å². The van der Waals surface area contributed by atoms with Crippen molar-refractivity contribution in [1.82, 2.24) is 19.9 Å². The molecule has 3 aromatic rings. The molecule has 1 aromatic carbocycles. The summed E-state index contributed by atoms with van der Waals surface area (Å²) in [6, 6.07) is 11.4. The van der Waals surface area contributed by atoms with Crippen LogP contribution in [0.3, 0.4) is 0 Å². The molecule has 1 amide bonds. The zero-order valence-electron chi connectivity index (χ0n) is 16.8. The molecule has 0 fully saturated rings. The van der Waals surface area contributed by atoms with E-state index in [1.807, 2.05) is 55.4 Å². The molecule has 0 saturated heterocycles. The number of aliphatic imine (C=N–C) groups is 1. The van der Waals surface area contributed by atoms with Crippen molar-refractivity contribution >= 4 is 35.3 Å². The second kappa shape index (κ2) is 8.30. The van der Waals surface area contributed by atoms with Crippen molar-refractivity contribution in [2.45, 2.75) is 6.42 Å². The summed E-state index contributed by atoms with van der Waals surface area (Å²) in [7, 11) is 3.85. The van der Waals surface area contributed by atoms with Crippen LogP contribution in [0.25, 0.3) is 23.0 Å². The number of hydrogen-bond donors (Lipinski definition) is 3. The number of anilines is 1. The minimum absolute atomic E-state index is 0.0754. The van der Waals surface area contributed by atoms with E-state index in [1.165, 1.54) is 0 Å². The number of fused-ring (bicyclic) bond motifs is 1. The van der Waals surface area contributed by atoms with Gasteiger partial charge in [-0.15, -0.1) is 0 Å². The smallest absolute Gasteiger partial charge is 0.237 e. The van der Waals surface area contributed by atoms with Gasteiger partial charge in [0.25, 0.3) is 0 Å². The number of amides is 1. The number of imidazole rings is 1. The lowest BCUT2D eigenvalue weighted by Gasteiger charge is -2.10. The highest BCUT2D eigenvalue weighted by Gasteiger charge is 2.17. The highest BCUT2D eigenvalue weighted by atomic mass is 16.3. The number of rotatable bonds is 6. The fourth-order valence-electron chi connectivity index (χ4n) is 3.07. The van der Waals surface area contributed by atoms with E-state index in [-0.39, 0.29) is 11.8 Å². The number of allylic oxidation sites excluding steroid dienone is 1. The Bertz CT molecular complexity index is 1130. The molecule has 0 saturated carbocycles. The van der Waals surface area contributed by atoms with Crippen LogP contribution in [0, 0.1) is 0 Å². The number of nitrogens with one attached hydrogen (secondary N) is 2. The zero-order chi connectivity index (χ0) is 21.1. The molecule has 2 aromatic heterocycles. The first kappa shape index (κ1) is 19.5. The molecule has 0 aliphatic carbocycles. The number of aromatic amines is 1. The molecule has 1 aliphatic rings. The Kier molecular flexibility index (Phi) is 5.40. The van der Waals surface area contributed by atoms with Crippen molar-refractivity contribution in [3.63, 3.8) is 0 Å². The number of carbonyl (C=O) groups excluding carboxylic acids is 1. The second-order valence-corrected chi connectivity index (χ2v) is 7.24. The largest absolute Gasteiger partial charge is 0.492 e. The Hall–Kier alpha value is -3.78. The van der Waals surface area contributed by atoms with Gasteiger partial charge in [-0.25, -0.2) is 9.98 Å². The topological polar surface area (TPSA) is 106 Å². The van der Waals surface area contributed by atoms with Gasteiger partial charge in [-0.05, 0) is 26.2 Å². The first-order valence-electron chi connectivity index (χ1n) is 9.55. The summed E-state index contributed by atoms with van der Waals surface area (Å²) in [5, 5.41) is 13.1. The van der Waals surface area contributed by atoms with Crippen LogP contribution in [0.5, 0.6) is 5.88 Å². The average Bonchev–Trinajstić information content (AvgIpc) is 3.31. The van der Waals surface area contributed by atoms with Gasteiger partial charge in [-0.3, -0.25) is 4.79 Å². The molecule has 0 atom stereocenters. The molecule has 8 nitrogen and oxygen atoms in total. The fourth-order valence-corrected chi connectivity index (χ4v) is 3.07. The predicted molar refractivity (Wildman–Crippen MR) is 118 cm³/mol. The molecule has 3 heterocycles. The molecule has 30 heavy (non-hydrogen) atoms. The number of benzene rings is 1. The number of hydrogen-bond acceptors (Lipinski definition) is 6. The monoisotopic (exact) mass is 402 g/mol. The van der Waals surface area contributed by atoms with Crippen LogP contribution in [-0.4, -0.2) is 57.7 Å². The van der Waals surface area contributed by atoms with Crippen LogP contribution >= 0.6 is 0 Å². The summed E-state index contributed by atoms with van der Waals surface area (Å²) in [6.45, 7) is 0.668. The molecule has 1 aliphatic heterocycles. The van der Waals surface area contributed by atoms with E-state index >= 15 is 0 Å². The Morgan fingerprint density at radius 3 is 2.83 bits per heavy atom. The maximum Gasteiger partial charge on any atom is 0.237 e. The van der Waals surface area contributed by atoms with Crippen LogP contribution < -0.4 is 5.32 Å². The SMILES string of the molecule is CN(C)CCC(=O)Nc1cnc2c(c1)C(=Cc1[nH]c(-c3ccccc3)nc1O)C=N2. The molecule has 0 bridgehead atoms. The number of nitrogens with zero attached hydrogens (tertiary/aromatic N) is 4. The normalized spacial score (nSPS) is 13.8. The van der Waals surface area contributed by atoms with E-state index in [0.29, 0.717) is 36.0 Å². The molecular weight excluding hydrogens is 380 g/mol. The molecule has 4 rings (SSSR count). The molecule has 0 radical (unpaired) electrons. The summed E-state index contributed by atoms with van der Waals surface area (Å²) < 4.78 is 0. The molecule has 152 valence electrons. The van der Waals surface area contributed by atoms with Gasteiger partial charge < -0.3 is 20.3 Å². The van der Waals surface area contributed by atoms with Gasteiger partial charge in [0.05, 0.1) is 11.9 Å². The van der Waals surface area contributed by atoms with E-state index in [1.54, 1.807) is 18.5 Å². The van der Waals surface area contributed by atoms with Crippen molar-refractivity contribution in [3.8, 4) is 17.3 Å². The van der Waals surface area contributed by atoms with Crippen molar-refractivity contribution in [1.29, 1.82) is 0 Å². The maximum absolute atomic E-state index is 12.1. The lowest BCUT2D eigenvalue weighted by molar-refractivity contribution is -0.116. The van der Waals surface area contributed by atoms with Gasteiger partial charge >= 0.3 is 0 Å². The third-order valence-corrected chi connectivity index (χ3v) is 4.63. The number of aromatic nitrogens is 3. The number of pyridine rings is 1.